The Morgan fingerprint density at radius 3 is 2.16 bits per heavy atom. The van der Waals surface area contributed by atoms with Crippen LogP contribution in [0.5, 0.6) is 0 Å². The van der Waals surface area contributed by atoms with Gasteiger partial charge < -0.3 is 20.2 Å². The highest BCUT2D eigenvalue weighted by molar-refractivity contribution is 4.80. The van der Waals surface area contributed by atoms with Crippen LogP contribution >= 0.6 is 0 Å². The van der Waals surface area contributed by atoms with Crippen LogP contribution in [-0.4, -0.2) is 74.4 Å². The maximum atomic E-state index is 9.33. The van der Waals surface area contributed by atoms with Crippen LogP contribution in [0.4, 0.5) is 0 Å². The van der Waals surface area contributed by atoms with Crippen LogP contribution in [0.1, 0.15) is 39.5 Å². The smallest absolute Gasteiger partial charge is 0.0610 e. The van der Waals surface area contributed by atoms with Crippen LogP contribution in [-0.2, 0) is 0 Å². The largest absolute Gasteiger partial charge is 0.394 e. The van der Waals surface area contributed by atoms with Crippen LogP contribution in [0.15, 0.2) is 0 Å². The van der Waals surface area contributed by atoms with Gasteiger partial charge in [0.1, 0.15) is 0 Å². The molecule has 0 aromatic rings. The lowest BCUT2D eigenvalue weighted by atomic mass is 9.96. The van der Waals surface area contributed by atoms with Gasteiger partial charge >= 0.3 is 0 Å². The zero-order valence-corrected chi connectivity index (χ0v) is 13.7. The number of aliphatic hydroxyl groups excluding tert-OH is 1. The number of rotatable bonds is 12. The monoisotopic (exact) mass is 273 g/mol. The maximum absolute atomic E-state index is 9.33. The number of nitrogens with zero attached hydrogens (tertiary/aromatic N) is 2. The van der Waals surface area contributed by atoms with Gasteiger partial charge in [0.2, 0.25) is 0 Å². The molecular weight excluding hydrogens is 238 g/mol. The third-order valence-corrected chi connectivity index (χ3v) is 3.93. The van der Waals surface area contributed by atoms with Crippen molar-refractivity contribution in [3.05, 3.63) is 0 Å². The molecule has 4 heteroatoms. The van der Waals surface area contributed by atoms with Gasteiger partial charge in [-0.25, -0.2) is 0 Å². The lowest BCUT2D eigenvalue weighted by Gasteiger charge is -2.27. The summed E-state index contributed by atoms with van der Waals surface area (Å²) in [4.78, 5) is 4.77. The van der Waals surface area contributed by atoms with Gasteiger partial charge in [-0.1, -0.05) is 13.3 Å². The second-order valence-electron chi connectivity index (χ2n) is 6.02. The van der Waals surface area contributed by atoms with Crippen LogP contribution in [0.3, 0.4) is 0 Å². The number of hydrogen-bond donors (Lipinski definition) is 2. The van der Waals surface area contributed by atoms with E-state index in [1.54, 1.807) is 0 Å². The third kappa shape index (κ3) is 9.38. The number of aliphatic hydroxyl groups is 1. The molecule has 0 aromatic heterocycles. The van der Waals surface area contributed by atoms with Crippen molar-refractivity contribution < 1.29 is 5.11 Å². The molecule has 0 aliphatic heterocycles. The maximum Gasteiger partial charge on any atom is 0.0610 e. The minimum Gasteiger partial charge on any atom is -0.394 e. The molecule has 2 N–H and O–H groups in total. The van der Waals surface area contributed by atoms with E-state index in [-0.39, 0.29) is 12.1 Å². The fourth-order valence-electron chi connectivity index (χ4n) is 2.17. The molecule has 0 bridgehead atoms. The number of unbranched alkanes of at least 4 members (excludes halogenated alkanes) is 1. The quantitative estimate of drug-likeness (QED) is 0.527. The molecule has 0 aliphatic rings. The number of likely N-dealkylation sites (N-methyl/N-ethyl adjacent to an activating group) is 1. The Morgan fingerprint density at radius 2 is 1.68 bits per heavy atom. The van der Waals surface area contributed by atoms with E-state index in [0.29, 0.717) is 0 Å². The molecule has 116 valence electrons. The first kappa shape index (κ1) is 18.8. The molecule has 0 rings (SSSR count). The van der Waals surface area contributed by atoms with Gasteiger partial charge in [0.15, 0.2) is 0 Å². The molecule has 0 spiro atoms. The van der Waals surface area contributed by atoms with Gasteiger partial charge in [0, 0.05) is 5.54 Å². The predicted molar refractivity (Wildman–Crippen MR) is 83.7 cm³/mol. The van der Waals surface area contributed by atoms with Crippen LogP contribution in [0.25, 0.3) is 0 Å². The summed E-state index contributed by atoms with van der Waals surface area (Å²) in [5, 5.41) is 12.5. The Balaban J connectivity index is 3.71. The summed E-state index contributed by atoms with van der Waals surface area (Å²) >= 11 is 0. The van der Waals surface area contributed by atoms with E-state index in [1.807, 2.05) is 7.05 Å². The van der Waals surface area contributed by atoms with Gasteiger partial charge in [-0.3, -0.25) is 0 Å². The van der Waals surface area contributed by atoms with E-state index in [9.17, 15) is 5.11 Å². The zero-order chi connectivity index (χ0) is 14.7. The van der Waals surface area contributed by atoms with Crippen molar-refractivity contribution in [1.82, 2.24) is 15.1 Å². The van der Waals surface area contributed by atoms with E-state index >= 15 is 0 Å². The molecule has 1 unspecified atom stereocenters. The molecule has 0 saturated carbocycles. The van der Waals surface area contributed by atoms with Gasteiger partial charge in [0.25, 0.3) is 0 Å². The summed E-state index contributed by atoms with van der Waals surface area (Å²) in [7, 11) is 6.18. The highest BCUT2D eigenvalue weighted by Gasteiger charge is 2.19. The van der Waals surface area contributed by atoms with E-state index < -0.39 is 0 Å². The van der Waals surface area contributed by atoms with E-state index in [4.69, 9.17) is 0 Å². The molecular formula is C15H35N3O. The van der Waals surface area contributed by atoms with Gasteiger partial charge in [-0.2, -0.15) is 0 Å². The first-order chi connectivity index (χ1) is 8.97. The first-order valence-corrected chi connectivity index (χ1v) is 7.64. The SMILES string of the molecule is CCN(CCCCC(C)(CO)NC)CCCN(C)C. The van der Waals surface area contributed by atoms with Crippen molar-refractivity contribution >= 4 is 0 Å². The fourth-order valence-corrected chi connectivity index (χ4v) is 2.17. The standard InChI is InChI=1S/C15H35N3O/c1-6-18(13-9-11-17(4)5)12-8-7-10-15(2,14-19)16-3/h16,19H,6-14H2,1-5H3. The molecule has 19 heavy (non-hydrogen) atoms. The molecule has 4 nitrogen and oxygen atoms in total. The molecule has 0 saturated heterocycles. The minimum atomic E-state index is -0.109. The minimum absolute atomic E-state index is 0.109. The fraction of sp³-hybridized carbons (Fsp3) is 1.00. The Hall–Kier alpha value is -0.160. The molecule has 0 aromatic carbocycles. The third-order valence-electron chi connectivity index (χ3n) is 3.93. The van der Waals surface area contributed by atoms with Crippen molar-refractivity contribution in [3.8, 4) is 0 Å². The lowest BCUT2D eigenvalue weighted by molar-refractivity contribution is 0.168. The highest BCUT2D eigenvalue weighted by atomic mass is 16.3. The Labute approximate surface area is 120 Å². The van der Waals surface area contributed by atoms with Crippen LogP contribution in [0.2, 0.25) is 0 Å². The van der Waals surface area contributed by atoms with E-state index in [0.717, 1.165) is 13.0 Å². The highest BCUT2D eigenvalue weighted by Crippen LogP contribution is 2.12. The van der Waals surface area contributed by atoms with Crippen LogP contribution in [0, 0.1) is 0 Å². The van der Waals surface area contributed by atoms with E-state index in [2.05, 4.69) is 43.1 Å². The lowest BCUT2D eigenvalue weighted by Crippen LogP contribution is -2.43. The summed E-state index contributed by atoms with van der Waals surface area (Å²) < 4.78 is 0. The predicted octanol–water partition coefficient (Wildman–Crippen LogP) is 1.40. The van der Waals surface area contributed by atoms with E-state index in [1.165, 1.54) is 38.9 Å². The topological polar surface area (TPSA) is 38.7 Å². The Kier molecular flexibility index (Phi) is 10.5. The molecule has 0 heterocycles. The molecule has 1 atom stereocenters. The summed E-state index contributed by atoms with van der Waals surface area (Å²) in [6.45, 7) is 9.20. The molecule has 0 radical (unpaired) electrons. The van der Waals surface area contributed by atoms with Crippen molar-refractivity contribution in [1.29, 1.82) is 0 Å². The second-order valence-corrected chi connectivity index (χ2v) is 6.02. The Bertz CT molecular complexity index is 206. The zero-order valence-electron chi connectivity index (χ0n) is 13.7. The average molecular weight is 273 g/mol. The van der Waals surface area contributed by atoms with Gasteiger partial charge in [0.05, 0.1) is 6.61 Å². The van der Waals surface area contributed by atoms with Crippen molar-refractivity contribution in [2.75, 3.05) is 53.9 Å². The summed E-state index contributed by atoms with van der Waals surface area (Å²) in [6, 6.07) is 0. The van der Waals surface area contributed by atoms with Gasteiger partial charge in [-0.05, 0) is 73.5 Å². The normalized spacial score (nSPS) is 15.2. The first-order valence-electron chi connectivity index (χ1n) is 7.64. The molecule has 0 amide bonds. The number of nitrogens with one attached hydrogen (secondary N) is 1. The van der Waals surface area contributed by atoms with Gasteiger partial charge in [-0.15, -0.1) is 0 Å². The van der Waals surface area contributed by atoms with Crippen LogP contribution < -0.4 is 5.32 Å². The molecule has 0 aliphatic carbocycles. The second kappa shape index (κ2) is 10.6. The Morgan fingerprint density at radius 1 is 1.05 bits per heavy atom. The average Bonchev–Trinajstić information content (AvgIpc) is 2.40. The van der Waals surface area contributed by atoms with Crippen molar-refractivity contribution in [2.45, 2.75) is 45.1 Å². The summed E-state index contributed by atoms with van der Waals surface area (Å²) in [5.74, 6) is 0. The summed E-state index contributed by atoms with van der Waals surface area (Å²) in [6.07, 6.45) is 4.66. The molecule has 0 fully saturated rings. The van der Waals surface area contributed by atoms with Crippen molar-refractivity contribution in [2.24, 2.45) is 0 Å². The van der Waals surface area contributed by atoms with Crippen molar-refractivity contribution in [3.63, 3.8) is 0 Å². The number of hydrogen-bond acceptors (Lipinski definition) is 4. The summed E-state index contributed by atoms with van der Waals surface area (Å²) in [5.41, 5.74) is -0.109.